The van der Waals surface area contributed by atoms with Crippen molar-refractivity contribution in [3.63, 3.8) is 0 Å². The average Bonchev–Trinajstić information content (AvgIpc) is 2.80. The monoisotopic (exact) mass is 466 g/mol. The third-order valence-electron chi connectivity index (χ3n) is 5.75. The third-order valence-corrected chi connectivity index (χ3v) is 7.88. The van der Waals surface area contributed by atoms with Crippen LogP contribution in [-0.2, 0) is 10.0 Å². The van der Waals surface area contributed by atoms with Gasteiger partial charge in [0.2, 0.25) is 10.0 Å². The van der Waals surface area contributed by atoms with Crippen molar-refractivity contribution in [2.45, 2.75) is 4.90 Å². The Morgan fingerprint density at radius 2 is 1.45 bits per heavy atom. The molecule has 2 aliphatic rings. The molecule has 2 aliphatic heterocycles. The predicted octanol–water partition coefficient (Wildman–Crippen LogP) is 0.755. The molecular weight excluding hydrogens is 440 g/mol. The fraction of sp³-hybridized carbons (Fsp3) is 0.500. The topological polar surface area (TPSA) is 93.1 Å². The zero-order valence-corrected chi connectivity index (χ0v) is 18.8. The lowest BCUT2D eigenvalue weighted by molar-refractivity contribution is 0.188. The van der Waals surface area contributed by atoms with Crippen LogP contribution in [0.1, 0.15) is 0 Å². The van der Waals surface area contributed by atoms with Crippen molar-refractivity contribution in [2.75, 3.05) is 75.3 Å². The van der Waals surface area contributed by atoms with E-state index in [4.69, 9.17) is 16.7 Å². The van der Waals surface area contributed by atoms with E-state index in [-0.39, 0.29) is 11.5 Å². The van der Waals surface area contributed by atoms with Gasteiger partial charge < -0.3 is 14.9 Å². The number of anilines is 2. The van der Waals surface area contributed by atoms with Crippen LogP contribution in [0.5, 0.6) is 0 Å². The molecule has 2 fully saturated rings. The summed E-state index contributed by atoms with van der Waals surface area (Å²) in [4.78, 5) is 6.70. The van der Waals surface area contributed by atoms with Crippen LogP contribution < -0.4 is 9.80 Å². The fourth-order valence-corrected chi connectivity index (χ4v) is 5.66. The number of hydrogen-bond donors (Lipinski definition) is 1. The van der Waals surface area contributed by atoms with Gasteiger partial charge in [0, 0.05) is 63.9 Å². The number of rotatable bonds is 6. The summed E-state index contributed by atoms with van der Waals surface area (Å²) in [6, 6.07) is 10.3. The summed E-state index contributed by atoms with van der Waals surface area (Å²) in [5.41, 5.74) is 0. The summed E-state index contributed by atoms with van der Waals surface area (Å²) in [7, 11) is -3.56. The predicted molar refractivity (Wildman–Crippen MR) is 120 cm³/mol. The van der Waals surface area contributed by atoms with Gasteiger partial charge in [0.1, 0.15) is 0 Å². The van der Waals surface area contributed by atoms with Gasteiger partial charge in [-0.15, -0.1) is 10.2 Å². The Morgan fingerprint density at radius 1 is 0.871 bits per heavy atom. The second-order valence-electron chi connectivity index (χ2n) is 7.65. The first-order valence-electron chi connectivity index (χ1n) is 10.4. The summed E-state index contributed by atoms with van der Waals surface area (Å²) in [5, 5.41) is 18.2. The van der Waals surface area contributed by atoms with Gasteiger partial charge in [-0.25, -0.2) is 8.42 Å². The Hall–Kier alpha value is -1.98. The summed E-state index contributed by atoms with van der Waals surface area (Å²) < 4.78 is 27.2. The molecular formula is C20H27ClN6O3S. The molecule has 168 valence electrons. The van der Waals surface area contributed by atoms with Crippen LogP contribution >= 0.6 is 11.6 Å². The first kappa shape index (κ1) is 22.2. The normalized spacial score (nSPS) is 19.0. The minimum Gasteiger partial charge on any atom is -0.395 e. The molecule has 0 bridgehead atoms. The quantitative estimate of drug-likeness (QED) is 0.666. The average molecular weight is 467 g/mol. The van der Waals surface area contributed by atoms with Gasteiger partial charge in [0.05, 0.1) is 11.5 Å². The Bertz CT molecular complexity index is 975. The zero-order valence-electron chi connectivity index (χ0n) is 17.3. The highest BCUT2D eigenvalue weighted by Gasteiger charge is 2.29. The molecule has 3 heterocycles. The van der Waals surface area contributed by atoms with Crippen LogP contribution in [0.25, 0.3) is 0 Å². The smallest absolute Gasteiger partial charge is 0.243 e. The Labute approximate surface area is 187 Å². The van der Waals surface area contributed by atoms with E-state index in [0.717, 1.165) is 37.8 Å². The molecule has 1 N–H and O–H groups in total. The summed E-state index contributed by atoms with van der Waals surface area (Å²) in [5.74, 6) is 1.59. The van der Waals surface area contributed by atoms with Crippen molar-refractivity contribution in [1.29, 1.82) is 0 Å². The first-order chi connectivity index (χ1) is 15.0. The second kappa shape index (κ2) is 9.66. The van der Waals surface area contributed by atoms with Crippen molar-refractivity contribution in [3.05, 3.63) is 41.4 Å². The van der Waals surface area contributed by atoms with E-state index in [1.165, 1.54) is 10.4 Å². The highest BCUT2D eigenvalue weighted by Crippen LogP contribution is 2.23. The van der Waals surface area contributed by atoms with Crippen LogP contribution in [0, 0.1) is 0 Å². The van der Waals surface area contributed by atoms with Crippen molar-refractivity contribution < 1.29 is 13.5 Å². The third kappa shape index (κ3) is 5.09. The van der Waals surface area contributed by atoms with Crippen molar-refractivity contribution >= 4 is 33.3 Å². The summed E-state index contributed by atoms with van der Waals surface area (Å²) in [6.45, 7) is 6.25. The van der Waals surface area contributed by atoms with Gasteiger partial charge in [-0.2, -0.15) is 4.31 Å². The summed E-state index contributed by atoms with van der Waals surface area (Å²) >= 11 is 5.96. The Morgan fingerprint density at radius 3 is 1.97 bits per heavy atom. The molecule has 2 aromatic rings. The lowest BCUT2D eigenvalue weighted by Crippen LogP contribution is -2.49. The number of aromatic nitrogens is 2. The summed E-state index contributed by atoms with van der Waals surface area (Å²) in [6.07, 6.45) is 0. The molecule has 9 nitrogen and oxygen atoms in total. The SMILES string of the molecule is O=S(=O)(c1cccc(Cl)c1)N1CCN(c2ccc(N3CCN(CCO)CC3)nn2)CC1. The molecule has 11 heteroatoms. The van der Waals surface area contributed by atoms with E-state index in [2.05, 4.69) is 24.9 Å². The van der Waals surface area contributed by atoms with Crippen molar-refractivity contribution in [3.8, 4) is 0 Å². The number of piperazine rings is 2. The number of β-amino-alcohol motifs (C(OH)–C–C–N with tert-alkyl or cyclic N) is 1. The highest BCUT2D eigenvalue weighted by atomic mass is 35.5. The lowest BCUT2D eigenvalue weighted by atomic mass is 10.3. The van der Waals surface area contributed by atoms with Gasteiger partial charge in [0.15, 0.2) is 11.6 Å². The second-order valence-corrected chi connectivity index (χ2v) is 10.0. The van der Waals surface area contributed by atoms with Crippen LogP contribution in [0.4, 0.5) is 11.6 Å². The van der Waals surface area contributed by atoms with E-state index in [9.17, 15) is 8.42 Å². The molecule has 4 rings (SSSR count). The Kier molecular flexibility index (Phi) is 6.92. The zero-order chi connectivity index (χ0) is 21.8. The molecule has 0 amide bonds. The van der Waals surface area contributed by atoms with Crippen LogP contribution in [-0.4, -0.2) is 98.4 Å². The highest BCUT2D eigenvalue weighted by molar-refractivity contribution is 7.89. The standard InChI is InChI=1S/C20H27ClN6O3S/c21-17-2-1-3-18(16-17)31(29,30)27-12-10-26(11-13-27)20-5-4-19(22-23-20)25-8-6-24(7-9-25)14-15-28/h1-5,16,28H,6-15H2. The Balaban J connectivity index is 1.34. The molecule has 1 aromatic carbocycles. The largest absolute Gasteiger partial charge is 0.395 e. The van der Waals surface area contributed by atoms with Gasteiger partial charge in [-0.1, -0.05) is 17.7 Å². The number of benzene rings is 1. The van der Waals surface area contributed by atoms with Gasteiger partial charge in [-0.3, -0.25) is 4.90 Å². The minimum atomic E-state index is -3.56. The molecule has 1 aromatic heterocycles. The molecule has 0 unspecified atom stereocenters. The van der Waals surface area contributed by atoms with Gasteiger partial charge >= 0.3 is 0 Å². The molecule has 0 radical (unpaired) electrons. The minimum absolute atomic E-state index is 0.183. The van der Waals surface area contributed by atoms with Crippen LogP contribution in [0.2, 0.25) is 5.02 Å². The maximum Gasteiger partial charge on any atom is 0.243 e. The number of hydrogen-bond acceptors (Lipinski definition) is 8. The number of sulfonamides is 1. The van der Waals surface area contributed by atoms with E-state index in [1.807, 2.05) is 12.1 Å². The van der Waals surface area contributed by atoms with E-state index >= 15 is 0 Å². The van der Waals surface area contributed by atoms with E-state index in [0.29, 0.717) is 37.7 Å². The molecule has 0 atom stereocenters. The molecule has 2 saturated heterocycles. The van der Waals surface area contributed by atoms with E-state index in [1.54, 1.807) is 18.2 Å². The maximum atomic E-state index is 12.9. The number of aliphatic hydroxyl groups excluding tert-OH is 1. The van der Waals surface area contributed by atoms with Crippen LogP contribution in [0.15, 0.2) is 41.3 Å². The number of halogens is 1. The number of aliphatic hydroxyl groups is 1. The van der Waals surface area contributed by atoms with Crippen molar-refractivity contribution in [1.82, 2.24) is 19.4 Å². The van der Waals surface area contributed by atoms with Gasteiger partial charge in [-0.05, 0) is 30.3 Å². The van der Waals surface area contributed by atoms with Gasteiger partial charge in [0.25, 0.3) is 0 Å². The number of nitrogens with zero attached hydrogens (tertiary/aromatic N) is 6. The maximum absolute atomic E-state index is 12.9. The van der Waals surface area contributed by atoms with Crippen molar-refractivity contribution in [2.24, 2.45) is 0 Å². The van der Waals surface area contributed by atoms with Crippen LogP contribution in [0.3, 0.4) is 0 Å². The fourth-order valence-electron chi connectivity index (χ4n) is 3.93. The lowest BCUT2D eigenvalue weighted by Gasteiger charge is -2.36. The first-order valence-corrected chi connectivity index (χ1v) is 12.2. The molecule has 0 saturated carbocycles. The molecule has 0 spiro atoms. The van der Waals surface area contributed by atoms with E-state index < -0.39 is 10.0 Å². The molecule has 0 aliphatic carbocycles. The molecule has 31 heavy (non-hydrogen) atoms.